The number of aliphatic hydroxyl groups excluding tert-OH is 2. The van der Waals surface area contributed by atoms with Crippen molar-refractivity contribution >= 4 is 5.97 Å². The Bertz CT molecular complexity index is 983. The summed E-state index contributed by atoms with van der Waals surface area (Å²) in [5, 5.41) is 61.4. The number of carbonyl (C=O) groups excluding carboxylic acids is 1. The van der Waals surface area contributed by atoms with Crippen molar-refractivity contribution in [2.75, 3.05) is 41.0 Å². The smallest absolute Gasteiger partial charge is 0.303 e. The van der Waals surface area contributed by atoms with Crippen LogP contribution in [0.25, 0.3) is 0 Å². The van der Waals surface area contributed by atoms with Gasteiger partial charge in [0.2, 0.25) is 0 Å². The van der Waals surface area contributed by atoms with Crippen LogP contribution in [0, 0.1) is 28.6 Å². The molecule has 4 unspecified atom stereocenters. The third-order valence-corrected chi connectivity index (χ3v) is 11.8. The predicted octanol–water partition coefficient (Wildman–Crippen LogP) is -1.73. The van der Waals surface area contributed by atoms with Crippen molar-refractivity contribution < 1.29 is 49.3 Å². The molecule has 1 saturated heterocycles. The van der Waals surface area contributed by atoms with Crippen molar-refractivity contribution in [2.45, 2.75) is 86.5 Å². The summed E-state index contributed by atoms with van der Waals surface area (Å²) < 4.78 is 23.2. The van der Waals surface area contributed by atoms with E-state index >= 15 is 0 Å². The first-order chi connectivity index (χ1) is 17.4. The minimum atomic E-state index is -2.08. The fraction of sp³-hybridized carbons (Fsp3) is 0.962. The number of ether oxygens (including phenoxy) is 4. The van der Waals surface area contributed by atoms with Crippen LogP contribution in [0.4, 0.5) is 0 Å². The first kappa shape index (κ1) is 26.3. The second-order valence-corrected chi connectivity index (χ2v) is 12.6. The fourth-order valence-electron chi connectivity index (χ4n) is 11.0. The lowest BCUT2D eigenvalue weighted by Crippen LogP contribution is -2.83. The number of carbonyl (C=O) groups is 1. The number of piperidine rings is 1. The summed E-state index contributed by atoms with van der Waals surface area (Å²) in [5.74, 6) is -2.70. The van der Waals surface area contributed by atoms with E-state index < -0.39 is 87.9 Å². The molecule has 14 atom stereocenters. The zero-order valence-corrected chi connectivity index (χ0v) is 22.2. The number of hydrogen-bond donors (Lipinski definition) is 5. The topological polar surface area (TPSA) is 158 Å². The maximum absolute atomic E-state index is 12.8. The molecule has 1 spiro atoms. The summed E-state index contributed by atoms with van der Waals surface area (Å²) in [4.78, 5) is 14.3. The maximum Gasteiger partial charge on any atom is 0.303 e. The van der Waals surface area contributed by atoms with Crippen LogP contribution in [0.5, 0.6) is 0 Å². The Balaban J connectivity index is 1.68. The molecule has 5 N–H and O–H groups in total. The molecule has 1 aliphatic heterocycles. The van der Waals surface area contributed by atoms with Crippen LogP contribution >= 0.6 is 0 Å². The fourth-order valence-corrected chi connectivity index (χ4v) is 11.0. The summed E-state index contributed by atoms with van der Waals surface area (Å²) in [6, 6.07) is -0.727. The quantitative estimate of drug-likeness (QED) is 0.250. The van der Waals surface area contributed by atoms with Crippen molar-refractivity contribution in [3.8, 4) is 0 Å². The first-order valence-electron chi connectivity index (χ1n) is 13.4. The molecular formula is C26H41NO10. The van der Waals surface area contributed by atoms with Crippen LogP contribution in [0.3, 0.4) is 0 Å². The van der Waals surface area contributed by atoms with Crippen LogP contribution in [0.1, 0.15) is 33.1 Å². The van der Waals surface area contributed by atoms with Crippen molar-refractivity contribution in [1.82, 2.24) is 4.90 Å². The zero-order chi connectivity index (χ0) is 26.9. The average Bonchev–Trinajstić information content (AvgIpc) is 3.17. The minimum Gasteiger partial charge on any atom is -0.459 e. The molecule has 5 saturated carbocycles. The Morgan fingerprint density at radius 2 is 1.73 bits per heavy atom. The number of rotatable bonds is 6. The van der Waals surface area contributed by atoms with Crippen molar-refractivity contribution in [3.05, 3.63) is 0 Å². The Kier molecular flexibility index (Phi) is 5.59. The van der Waals surface area contributed by atoms with E-state index in [2.05, 4.69) is 0 Å². The SMILES string of the molecule is CCN1C[C@]2(COC)C3[C@H](O)[C@]4(O)[C@H]1[C@@]3(C(OC)C[C@@H]2O)C1C[C@]2(O)[C@H](OC)C[C@]4(O)C1[C@@H]2OC(C)=O. The highest BCUT2D eigenvalue weighted by atomic mass is 16.6. The summed E-state index contributed by atoms with van der Waals surface area (Å²) >= 11 is 0. The number of hydrogen-bond acceptors (Lipinski definition) is 11. The van der Waals surface area contributed by atoms with E-state index in [1.54, 1.807) is 14.2 Å². The molecule has 0 amide bonds. The van der Waals surface area contributed by atoms with Gasteiger partial charge >= 0.3 is 5.97 Å². The summed E-state index contributed by atoms with van der Waals surface area (Å²) in [6.07, 6.45) is -4.78. The van der Waals surface area contributed by atoms with Gasteiger partial charge in [0, 0.05) is 70.3 Å². The van der Waals surface area contributed by atoms with Gasteiger partial charge in [0.15, 0.2) is 0 Å². The van der Waals surface area contributed by atoms with Crippen LogP contribution < -0.4 is 0 Å². The van der Waals surface area contributed by atoms with Crippen LogP contribution in [0.2, 0.25) is 0 Å². The number of aliphatic hydroxyl groups is 5. The normalized spacial score (nSPS) is 59.5. The van der Waals surface area contributed by atoms with Crippen molar-refractivity contribution in [3.63, 3.8) is 0 Å². The number of esters is 1. The Morgan fingerprint density at radius 3 is 2.30 bits per heavy atom. The summed E-state index contributed by atoms with van der Waals surface area (Å²) in [7, 11) is 4.53. The molecule has 37 heavy (non-hydrogen) atoms. The lowest BCUT2D eigenvalue weighted by Gasteiger charge is -2.70. The Morgan fingerprint density at radius 1 is 1.05 bits per heavy atom. The molecule has 7 bridgehead atoms. The molecule has 0 aromatic carbocycles. The first-order valence-corrected chi connectivity index (χ1v) is 13.4. The minimum absolute atomic E-state index is 0.128. The van der Waals surface area contributed by atoms with E-state index in [4.69, 9.17) is 18.9 Å². The standard InChI is InChI=1S/C26H41NO10/c1-6-27-10-22(11-34-3)14(29)7-15(35-4)25-13-8-23(31)16(36-5)9-24(32,17(13)20(23)37-12(2)28)26(33,21(25)27)19(30)18(22)25/h13-21,29-33H,6-11H2,1-5H3/t13?,14-,15?,16+,17?,18?,19-,20-,21+,22+,23-,24-,25+,26-/m0/s1. The maximum atomic E-state index is 12.8. The number of methoxy groups -OCH3 is 3. The Labute approximate surface area is 216 Å². The largest absolute Gasteiger partial charge is 0.459 e. The molecule has 210 valence electrons. The third-order valence-electron chi connectivity index (χ3n) is 11.8. The molecule has 6 fully saturated rings. The van der Waals surface area contributed by atoms with Crippen LogP contribution in [-0.4, -0.2) is 131 Å². The van der Waals surface area contributed by atoms with Gasteiger partial charge in [-0.3, -0.25) is 9.69 Å². The lowest BCUT2D eigenvalue weighted by molar-refractivity contribution is -0.331. The van der Waals surface area contributed by atoms with E-state index in [9.17, 15) is 30.3 Å². The van der Waals surface area contributed by atoms with E-state index in [1.807, 2.05) is 11.8 Å². The van der Waals surface area contributed by atoms with Gasteiger partial charge in [-0.2, -0.15) is 0 Å². The molecular weight excluding hydrogens is 486 g/mol. The molecule has 11 nitrogen and oxygen atoms in total. The molecule has 0 aromatic heterocycles. The molecule has 5 aliphatic carbocycles. The molecule has 6 aliphatic rings. The number of fused-ring (bicyclic) bond motifs is 2. The molecule has 1 heterocycles. The lowest BCUT2D eigenvalue weighted by atomic mass is 9.42. The van der Waals surface area contributed by atoms with E-state index in [0.29, 0.717) is 13.1 Å². The predicted molar refractivity (Wildman–Crippen MR) is 126 cm³/mol. The second kappa shape index (κ2) is 7.86. The Hall–Kier alpha value is -0.890. The molecule has 0 radical (unpaired) electrons. The van der Waals surface area contributed by atoms with Gasteiger partial charge in [0.1, 0.15) is 22.9 Å². The number of nitrogens with zero attached hydrogens (tertiary/aromatic N) is 1. The molecule has 0 aromatic rings. The third kappa shape index (κ3) is 2.54. The van der Waals surface area contributed by atoms with Gasteiger partial charge in [-0.05, 0) is 18.9 Å². The van der Waals surface area contributed by atoms with Gasteiger partial charge in [0.25, 0.3) is 0 Å². The average molecular weight is 528 g/mol. The highest BCUT2D eigenvalue weighted by Crippen LogP contribution is 2.80. The summed E-state index contributed by atoms with van der Waals surface area (Å²) in [6.45, 7) is 4.20. The molecule has 6 rings (SSSR count). The van der Waals surface area contributed by atoms with Gasteiger partial charge in [-0.25, -0.2) is 0 Å². The van der Waals surface area contributed by atoms with Crippen LogP contribution in [-0.2, 0) is 23.7 Å². The molecule has 11 heteroatoms. The van der Waals surface area contributed by atoms with Gasteiger partial charge in [-0.1, -0.05) is 6.92 Å². The van der Waals surface area contributed by atoms with Gasteiger partial charge < -0.3 is 44.5 Å². The van der Waals surface area contributed by atoms with E-state index in [1.165, 1.54) is 14.0 Å². The monoisotopic (exact) mass is 527 g/mol. The summed E-state index contributed by atoms with van der Waals surface area (Å²) in [5.41, 5.74) is -7.56. The highest BCUT2D eigenvalue weighted by Gasteiger charge is 2.93. The van der Waals surface area contributed by atoms with Gasteiger partial charge in [0.05, 0.1) is 37.1 Å². The number of likely N-dealkylation sites (N-methyl/N-ethyl adjacent to an activating group) is 1. The highest BCUT2D eigenvalue weighted by molar-refractivity contribution is 5.66. The van der Waals surface area contributed by atoms with Gasteiger partial charge in [-0.15, -0.1) is 0 Å². The van der Waals surface area contributed by atoms with Crippen molar-refractivity contribution in [1.29, 1.82) is 0 Å². The van der Waals surface area contributed by atoms with E-state index in [0.717, 1.165) is 0 Å². The van der Waals surface area contributed by atoms with E-state index in [-0.39, 0.29) is 25.9 Å². The van der Waals surface area contributed by atoms with Crippen LogP contribution in [0.15, 0.2) is 0 Å². The van der Waals surface area contributed by atoms with Crippen molar-refractivity contribution in [2.24, 2.45) is 28.6 Å². The zero-order valence-electron chi connectivity index (χ0n) is 22.2. The second-order valence-electron chi connectivity index (χ2n) is 12.6. The number of likely N-dealkylation sites (tertiary alicyclic amines) is 1.